The standard InChI is InChI=1S/C30H26ClN7OS/c1-37-9-8-33-30(37)40-28-7-4-23(15-25(28)31)36-29-22(16-32)18-35-27-6-3-21(14-24(27)29)26-5-2-20(17-34-26)19-38-10-12-39-13-11-38/h2-9,14-15,17-18H,10-13,19H2,1H3,(H,35,36). The van der Waals surface area contributed by atoms with Gasteiger partial charge >= 0.3 is 0 Å². The van der Waals surface area contributed by atoms with E-state index in [0.717, 1.165) is 70.7 Å². The number of imidazole rings is 1. The average molecular weight is 568 g/mol. The van der Waals surface area contributed by atoms with Crippen molar-refractivity contribution in [3.63, 3.8) is 0 Å². The summed E-state index contributed by atoms with van der Waals surface area (Å²) in [6.07, 6.45) is 7.18. The number of anilines is 2. The monoisotopic (exact) mass is 567 g/mol. The predicted molar refractivity (Wildman–Crippen MR) is 158 cm³/mol. The molecule has 40 heavy (non-hydrogen) atoms. The molecule has 0 spiro atoms. The summed E-state index contributed by atoms with van der Waals surface area (Å²) < 4.78 is 7.39. The number of aromatic nitrogens is 4. The van der Waals surface area contributed by atoms with E-state index in [2.05, 4.69) is 32.3 Å². The quantitative estimate of drug-likeness (QED) is 0.245. The molecule has 0 unspecified atom stereocenters. The lowest BCUT2D eigenvalue weighted by molar-refractivity contribution is 0.0341. The van der Waals surface area contributed by atoms with Crippen LogP contribution in [0.15, 0.2) is 83.4 Å². The van der Waals surface area contributed by atoms with Crippen molar-refractivity contribution < 1.29 is 4.74 Å². The Morgan fingerprint density at radius 3 is 2.65 bits per heavy atom. The minimum absolute atomic E-state index is 0.445. The summed E-state index contributed by atoms with van der Waals surface area (Å²) in [6, 6.07) is 18.2. The number of morpholine rings is 1. The Balaban J connectivity index is 1.28. The molecule has 1 aliphatic rings. The second kappa shape index (κ2) is 11.7. The molecule has 6 rings (SSSR count). The van der Waals surface area contributed by atoms with Crippen LogP contribution in [-0.2, 0) is 18.3 Å². The zero-order valence-corrected chi connectivity index (χ0v) is 23.4. The van der Waals surface area contributed by atoms with E-state index in [1.807, 2.05) is 66.5 Å². The third kappa shape index (κ3) is 5.67. The number of hydrogen-bond donors (Lipinski definition) is 1. The maximum atomic E-state index is 9.88. The Morgan fingerprint density at radius 2 is 1.93 bits per heavy atom. The van der Waals surface area contributed by atoms with Gasteiger partial charge < -0.3 is 14.6 Å². The summed E-state index contributed by atoms with van der Waals surface area (Å²) in [5.74, 6) is 0. The summed E-state index contributed by atoms with van der Waals surface area (Å²) >= 11 is 8.14. The number of aryl methyl sites for hydroxylation is 1. The van der Waals surface area contributed by atoms with Gasteiger partial charge in [0.15, 0.2) is 5.16 Å². The van der Waals surface area contributed by atoms with Crippen LogP contribution in [0, 0.1) is 11.3 Å². The molecule has 0 amide bonds. The third-order valence-electron chi connectivity index (χ3n) is 6.80. The lowest BCUT2D eigenvalue weighted by atomic mass is 10.0. The number of nitriles is 1. The van der Waals surface area contributed by atoms with Crippen molar-refractivity contribution in [2.24, 2.45) is 7.05 Å². The molecule has 1 fully saturated rings. The van der Waals surface area contributed by atoms with Gasteiger partial charge in [0.05, 0.1) is 40.7 Å². The Kier molecular flexibility index (Phi) is 7.66. The van der Waals surface area contributed by atoms with Crippen molar-refractivity contribution >= 4 is 45.6 Å². The van der Waals surface area contributed by atoms with E-state index < -0.39 is 0 Å². The van der Waals surface area contributed by atoms with Crippen molar-refractivity contribution in [2.45, 2.75) is 16.6 Å². The summed E-state index contributed by atoms with van der Waals surface area (Å²) in [4.78, 5) is 16.9. The van der Waals surface area contributed by atoms with Crippen LogP contribution in [0.5, 0.6) is 0 Å². The van der Waals surface area contributed by atoms with E-state index >= 15 is 0 Å². The number of nitrogens with one attached hydrogen (secondary N) is 1. The molecule has 3 aromatic heterocycles. The van der Waals surface area contributed by atoms with Crippen LogP contribution >= 0.6 is 23.4 Å². The number of rotatable bonds is 7. The molecule has 5 aromatic rings. The molecule has 0 radical (unpaired) electrons. The highest BCUT2D eigenvalue weighted by Gasteiger charge is 2.14. The molecule has 1 saturated heterocycles. The van der Waals surface area contributed by atoms with Gasteiger partial charge in [0, 0.05) is 73.0 Å². The van der Waals surface area contributed by atoms with Crippen molar-refractivity contribution in [3.05, 3.63) is 89.5 Å². The molecule has 2 aromatic carbocycles. The highest BCUT2D eigenvalue weighted by atomic mass is 35.5. The molecular weight excluding hydrogens is 542 g/mol. The van der Waals surface area contributed by atoms with E-state index in [0.29, 0.717) is 16.3 Å². The number of nitrogens with zero attached hydrogens (tertiary/aromatic N) is 6. The largest absolute Gasteiger partial charge is 0.379 e. The number of pyridine rings is 2. The summed E-state index contributed by atoms with van der Waals surface area (Å²) in [7, 11) is 1.95. The van der Waals surface area contributed by atoms with Gasteiger partial charge in [-0.1, -0.05) is 35.5 Å². The lowest BCUT2D eigenvalue weighted by Gasteiger charge is -2.26. The first-order valence-electron chi connectivity index (χ1n) is 12.9. The van der Waals surface area contributed by atoms with Crippen LogP contribution < -0.4 is 5.32 Å². The molecule has 1 aliphatic heterocycles. The molecule has 0 saturated carbocycles. The molecule has 0 atom stereocenters. The van der Waals surface area contributed by atoms with Crippen LogP contribution in [0.1, 0.15) is 11.1 Å². The Labute approximate surface area is 241 Å². The van der Waals surface area contributed by atoms with Gasteiger partial charge in [0.1, 0.15) is 6.07 Å². The zero-order chi connectivity index (χ0) is 27.5. The fourth-order valence-corrected chi connectivity index (χ4v) is 5.74. The zero-order valence-electron chi connectivity index (χ0n) is 21.8. The second-order valence-electron chi connectivity index (χ2n) is 9.52. The normalized spacial score (nSPS) is 13.8. The molecule has 4 heterocycles. The van der Waals surface area contributed by atoms with E-state index in [-0.39, 0.29) is 0 Å². The van der Waals surface area contributed by atoms with Crippen molar-refractivity contribution in [1.29, 1.82) is 5.26 Å². The Bertz CT molecular complexity index is 1710. The van der Waals surface area contributed by atoms with Gasteiger partial charge in [-0.15, -0.1) is 0 Å². The molecule has 0 aliphatic carbocycles. The van der Waals surface area contributed by atoms with Crippen LogP contribution in [0.4, 0.5) is 11.4 Å². The first-order valence-corrected chi connectivity index (χ1v) is 14.1. The lowest BCUT2D eigenvalue weighted by Crippen LogP contribution is -2.35. The van der Waals surface area contributed by atoms with Crippen molar-refractivity contribution in [2.75, 3.05) is 31.6 Å². The van der Waals surface area contributed by atoms with Crippen LogP contribution in [0.25, 0.3) is 22.2 Å². The summed E-state index contributed by atoms with van der Waals surface area (Å²) in [6.45, 7) is 4.29. The highest BCUT2D eigenvalue weighted by molar-refractivity contribution is 7.99. The van der Waals surface area contributed by atoms with Crippen molar-refractivity contribution in [3.8, 4) is 17.3 Å². The number of hydrogen-bond acceptors (Lipinski definition) is 8. The molecule has 0 bridgehead atoms. The average Bonchev–Trinajstić information content (AvgIpc) is 3.39. The molecule has 8 nitrogen and oxygen atoms in total. The Morgan fingerprint density at radius 1 is 1.05 bits per heavy atom. The van der Waals surface area contributed by atoms with E-state index in [1.165, 1.54) is 17.3 Å². The highest BCUT2D eigenvalue weighted by Crippen LogP contribution is 2.36. The van der Waals surface area contributed by atoms with Gasteiger partial charge in [-0.2, -0.15) is 5.26 Å². The molecular formula is C30H26ClN7OS. The number of fused-ring (bicyclic) bond motifs is 1. The topological polar surface area (TPSA) is 91.9 Å². The van der Waals surface area contributed by atoms with Gasteiger partial charge in [0.2, 0.25) is 0 Å². The molecule has 200 valence electrons. The van der Waals surface area contributed by atoms with Gasteiger partial charge in [-0.3, -0.25) is 14.9 Å². The smallest absolute Gasteiger partial charge is 0.172 e. The number of benzene rings is 2. The van der Waals surface area contributed by atoms with E-state index in [1.54, 1.807) is 12.4 Å². The van der Waals surface area contributed by atoms with Crippen LogP contribution in [0.3, 0.4) is 0 Å². The maximum absolute atomic E-state index is 9.88. The minimum Gasteiger partial charge on any atom is -0.379 e. The number of ether oxygens (including phenoxy) is 1. The van der Waals surface area contributed by atoms with Crippen LogP contribution in [-0.4, -0.2) is 50.7 Å². The van der Waals surface area contributed by atoms with Gasteiger partial charge in [0.25, 0.3) is 0 Å². The van der Waals surface area contributed by atoms with E-state index in [4.69, 9.17) is 21.3 Å². The van der Waals surface area contributed by atoms with Gasteiger partial charge in [-0.25, -0.2) is 4.98 Å². The first-order chi connectivity index (χ1) is 19.6. The third-order valence-corrected chi connectivity index (χ3v) is 8.37. The predicted octanol–water partition coefficient (Wildman–Crippen LogP) is 6.28. The molecule has 1 N–H and O–H groups in total. The van der Waals surface area contributed by atoms with E-state index in [9.17, 15) is 5.26 Å². The summed E-state index contributed by atoms with van der Waals surface area (Å²) in [5.41, 5.74) is 5.66. The Hall–Kier alpha value is -3.94. The fourth-order valence-electron chi connectivity index (χ4n) is 4.63. The molecule has 10 heteroatoms. The fraction of sp³-hybridized carbons (Fsp3) is 0.200. The van der Waals surface area contributed by atoms with Crippen LogP contribution in [0.2, 0.25) is 5.02 Å². The first kappa shape index (κ1) is 26.3. The minimum atomic E-state index is 0.445. The summed E-state index contributed by atoms with van der Waals surface area (Å²) in [5, 5.41) is 15.6. The van der Waals surface area contributed by atoms with Crippen molar-refractivity contribution in [1.82, 2.24) is 24.4 Å². The number of halogens is 1. The van der Waals surface area contributed by atoms with Gasteiger partial charge in [-0.05, 0) is 42.0 Å². The second-order valence-corrected chi connectivity index (χ2v) is 10.9. The maximum Gasteiger partial charge on any atom is 0.172 e. The SMILES string of the molecule is Cn1ccnc1Sc1ccc(Nc2c(C#N)cnc3ccc(-c4ccc(CN5CCOCC5)cn4)cc23)cc1Cl.